The SMILES string of the molecule is C=CCCC(NC(=O)c1ccc(SCc2csc(C)n2)cc1)C(=O)O. The van der Waals surface area contributed by atoms with Crippen molar-refractivity contribution in [1.29, 1.82) is 0 Å². The van der Waals surface area contributed by atoms with Crippen molar-refractivity contribution in [3.8, 4) is 0 Å². The lowest BCUT2D eigenvalue weighted by atomic mass is 10.1. The molecule has 0 aliphatic rings. The van der Waals surface area contributed by atoms with Gasteiger partial charge in [0, 0.05) is 21.6 Å². The molecule has 0 spiro atoms. The fourth-order valence-electron chi connectivity index (χ4n) is 2.12. The van der Waals surface area contributed by atoms with Crippen LogP contribution in [0.5, 0.6) is 0 Å². The molecule has 132 valence electrons. The van der Waals surface area contributed by atoms with Gasteiger partial charge in [0.1, 0.15) is 6.04 Å². The molecule has 0 aliphatic carbocycles. The Kier molecular flexibility index (Phi) is 7.21. The van der Waals surface area contributed by atoms with Crippen molar-refractivity contribution in [2.75, 3.05) is 0 Å². The van der Waals surface area contributed by atoms with Gasteiger partial charge < -0.3 is 10.4 Å². The summed E-state index contributed by atoms with van der Waals surface area (Å²) >= 11 is 3.27. The molecule has 1 aromatic heterocycles. The van der Waals surface area contributed by atoms with Gasteiger partial charge in [-0.05, 0) is 44.0 Å². The maximum Gasteiger partial charge on any atom is 0.326 e. The Morgan fingerprint density at radius 2 is 2.12 bits per heavy atom. The van der Waals surface area contributed by atoms with Crippen LogP contribution in [0.4, 0.5) is 0 Å². The van der Waals surface area contributed by atoms with Gasteiger partial charge in [0.15, 0.2) is 0 Å². The molecule has 2 N–H and O–H groups in total. The van der Waals surface area contributed by atoms with E-state index in [0.29, 0.717) is 18.4 Å². The number of nitrogens with zero attached hydrogens (tertiary/aromatic N) is 1. The van der Waals surface area contributed by atoms with Crippen molar-refractivity contribution in [2.45, 2.75) is 36.5 Å². The standard InChI is InChI=1S/C18H20N2O3S2/c1-3-4-5-16(18(22)23)20-17(21)13-6-8-15(9-7-13)25-11-14-10-24-12(2)19-14/h3,6-10,16H,1,4-5,11H2,2H3,(H,20,21)(H,22,23). The van der Waals surface area contributed by atoms with Crippen LogP contribution in [0.25, 0.3) is 0 Å². The number of thiazole rings is 1. The Hall–Kier alpha value is -2.12. The van der Waals surface area contributed by atoms with E-state index in [9.17, 15) is 9.59 Å². The van der Waals surface area contributed by atoms with E-state index in [-0.39, 0.29) is 5.91 Å². The highest BCUT2D eigenvalue weighted by Crippen LogP contribution is 2.23. The van der Waals surface area contributed by atoms with Crippen molar-refractivity contribution in [3.05, 3.63) is 58.6 Å². The molecule has 0 saturated heterocycles. The molecule has 0 fully saturated rings. The molecule has 2 aromatic rings. The molecular weight excluding hydrogens is 356 g/mol. The molecule has 0 radical (unpaired) electrons. The summed E-state index contributed by atoms with van der Waals surface area (Å²) in [5, 5.41) is 14.8. The number of hydrogen-bond acceptors (Lipinski definition) is 5. The fourth-order valence-corrected chi connectivity index (χ4v) is 3.63. The second-order valence-corrected chi connectivity index (χ2v) is 7.51. The number of carboxylic acids is 1. The van der Waals surface area contributed by atoms with Crippen LogP contribution in [-0.2, 0) is 10.5 Å². The van der Waals surface area contributed by atoms with Gasteiger partial charge in [-0.1, -0.05) is 6.08 Å². The normalized spacial score (nSPS) is 11.7. The highest BCUT2D eigenvalue weighted by Gasteiger charge is 2.19. The van der Waals surface area contributed by atoms with Gasteiger partial charge in [0.05, 0.1) is 10.7 Å². The maximum absolute atomic E-state index is 12.2. The summed E-state index contributed by atoms with van der Waals surface area (Å²) in [7, 11) is 0. The van der Waals surface area contributed by atoms with Crippen LogP contribution < -0.4 is 5.32 Å². The first-order valence-electron chi connectivity index (χ1n) is 7.78. The predicted molar refractivity (Wildman–Crippen MR) is 101 cm³/mol. The highest BCUT2D eigenvalue weighted by molar-refractivity contribution is 7.98. The smallest absolute Gasteiger partial charge is 0.326 e. The van der Waals surface area contributed by atoms with E-state index in [1.54, 1.807) is 41.3 Å². The summed E-state index contributed by atoms with van der Waals surface area (Å²) in [6.45, 7) is 5.55. The Balaban J connectivity index is 1.92. The molecule has 1 atom stereocenters. The third kappa shape index (κ3) is 6.03. The third-order valence-corrected chi connectivity index (χ3v) is 5.30. The number of aryl methyl sites for hydroxylation is 1. The monoisotopic (exact) mass is 376 g/mol. The highest BCUT2D eigenvalue weighted by atomic mass is 32.2. The number of amides is 1. The third-order valence-electron chi connectivity index (χ3n) is 3.43. The number of aliphatic carboxylic acids is 1. The Bertz CT molecular complexity index is 741. The lowest BCUT2D eigenvalue weighted by molar-refractivity contribution is -0.139. The second-order valence-electron chi connectivity index (χ2n) is 5.40. The molecule has 25 heavy (non-hydrogen) atoms. The van der Waals surface area contributed by atoms with E-state index in [4.69, 9.17) is 5.11 Å². The fraction of sp³-hybridized carbons (Fsp3) is 0.278. The van der Waals surface area contributed by atoms with E-state index in [1.807, 2.05) is 24.4 Å². The molecule has 7 heteroatoms. The van der Waals surface area contributed by atoms with Crippen LogP contribution in [0.15, 0.2) is 47.2 Å². The average molecular weight is 377 g/mol. The van der Waals surface area contributed by atoms with Crippen LogP contribution in [-0.4, -0.2) is 28.0 Å². The molecular formula is C18H20N2O3S2. The van der Waals surface area contributed by atoms with Crippen molar-refractivity contribution < 1.29 is 14.7 Å². The number of nitrogens with one attached hydrogen (secondary N) is 1. The maximum atomic E-state index is 12.2. The van der Waals surface area contributed by atoms with E-state index in [2.05, 4.69) is 16.9 Å². The van der Waals surface area contributed by atoms with Crippen molar-refractivity contribution in [2.24, 2.45) is 0 Å². The number of carbonyl (C=O) groups excluding carboxylic acids is 1. The van der Waals surface area contributed by atoms with E-state index in [1.165, 1.54) is 0 Å². The van der Waals surface area contributed by atoms with Crippen molar-refractivity contribution in [3.63, 3.8) is 0 Å². The number of carboxylic acid groups (broad SMARTS) is 1. The average Bonchev–Trinajstić information content (AvgIpc) is 3.02. The van der Waals surface area contributed by atoms with Gasteiger partial charge in [-0.25, -0.2) is 9.78 Å². The molecule has 0 aliphatic heterocycles. The molecule has 1 amide bonds. The number of benzene rings is 1. The van der Waals surface area contributed by atoms with Gasteiger partial charge in [0.2, 0.25) is 0 Å². The van der Waals surface area contributed by atoms with E-state index < -0.39 is 12.0 Å². The quantitative estimate of drug-likeness (QED) is 0.513. The van der Waals surface area contributed by atoms with Gasteiger partial charge in [-0.15, -0.1) is 29.7 Å². The minimum atomic E-state index is -1.04. The van der Waals surface area contributed by atoms with Gasteiger partial charge in [-0.2, -0.15) is 0 Å². The van der Waals surface area contributed by atoms with Gasteiger partial charge in [0.25, 0.3) is 5.91 Å². The Morgan fingerprint density at radius 1 is 1.40 bits per heavy atom. The summed E-state index contributed by atoms with van der Waals surface area (Å²) in [6, 6.07) is 6.22. The summed E-state index contributed by atoms with van der Waals surface area (Å²) in [5.41, 5.74) is 1.49. The number of rotatable bonds is 9. The topological polar surface area (TPSA) is 79.3 Å². The minimum Gasteiger partial charge on any atom is -0.480 e. The summed E-state index contributed by atoms with van der Waals surface area (Å²) < 4.78 is 0. The van der Waals surface area contributed by atoms with Crippen LogP contribution in [0.1, 0.15) is 33.9 Å². The van der Waals surface area contributed by atoms with Crippen molar-refractivity contribution in [1.82, 2.24) is 10.3 Å². The van der Waals surface area contributed by atoms with E-state index >= 15 is 0 Å². The summed E-state index contributed by atoms with van der Waals surface area (Å²) in [5.74, 6) is -0.650. The molecule has 1 aromatic carbocycles. The van der Waals surface area contributed by atoms with Crippen LogP contribution in [0.3, 0.4) is 0 Å². The number of thioether (sulfide) groups is 1. The lowest BCUT2D eigenvalue weighted by Crippen LogP contribution is -2.40. The van der Waals surface area contributed by atoms with Crippen molar-refractivity contribution >= 4 is 35.0 Å². The first-order valence-corrected chi connectivity index (χ1v) is 9.64. The number of aromatic nitrogens is 1. The zero-order valence-electron chi connectivity index (χ0n) is 13.9. The Labute approximate surface area is 155 Å². The molecule has 0 bridgehead atoms. The molecule has 2 rings (SSSR count). The zero-order valence-corrected chi connectivity index (χ0v) is 15.5. The first-order chi connectivity index (χ1) is 12.0. The van der Waals surface area contributed by atoms with Crippen LogP contribution in [0.2, 0.25) is 0 Å². The second kappa shape index (κ2) is 9.39. The summed E-state index contributed by atoms with van der Waals surface area (Å²) in [6.07, 6.45) is 2.49. The lowest BCUT2D eigenvalue weighted by Gasteiger charge is -2.13. The van der Waals surface area contributed by atoms with Gasteiger partial charge in [-0.3, -0.25) is 4.79 Å². The minimum absolute atomic E-state index is 0.325. The summed E-state index contributed by atoms with van der Waals surface area (Å²) in [4.78, 5) is 28.8. The number of carbonyl (C=O) groups is 2. The van der Waals surface area contributed by atoms with Gasteiger partial charge >= 0.3 is 5.97 Å². The van der Waals surface area contributed by atoms with Crippen LogP contribution in [0, 0.1) is 6.92 Å². The zero-order chi connectivity index (χ0) is 18.2. The van der Waals surface area contributed by atoms with E-state index in [0.717, 1.165) is 21.3 Å². The molecule has 1 unspecified atom stereocenters. The molecule has 1 heterocycles. The predicted octanol–water partition coefficient (Wildman–Crippen LogP) is 3.89. The molecule has 0 saturated carbocycles. The first kappa shape index (κ1) is 19.2. The largest absolute Gasteiger partial charge is 0.480 e. The number of hydrogen-bond donors (Lipinski definition) is 2. The molecule has 5 nitrogen and oxygen atoms in total. The van der Waals surface area contributed by atoms with Crippen LogP contribution >= 0.6 is 23.1 Å². The number of allylic oxidation sites excluding steroid dienone is 1. The Morgan fingerprint density at radius 3 is 2.68 bits per heavy atom.